The first-order valence-corrected chi connectivity index (χ1v) is 7.52. The molecule has 1 amide bonds. The number of anilines is 1. The number of benzene rings is 2. The van der Waals surface area contributed by atoms with E-state index in [9.17, 15) is 4.79 Å². The van der Waals surface area contributed by atoms with E-state index in [1.807, 2.05) is 42.5 Å². The van der Waals surface area contributed by atoms with Crippen LogP contribution in [0.15, 0.2) is 54.6 Å². The molecule has 0 saturated carbocycles. The Balaban J connectivity index is 1.61. The second-order valence-corrected chi connectivity index (χ2v) is 5.29. The van der Waals surface area contributed by atoms with Crippen LogP contribution in [0.3, 0.4) is 0 Å². The molecule has 4 nitrogen and oxygen atoms in total. The molecule has 2 aromatic carbocycles. The van der Waals surface area contributed by atoms with Gasteiger partial charge in [0.2, 0.25) is 0 Å². The number of hydrogen-bond donors (Lipinski definition) is 1. The van der Waals surface area contributed by atoms with Crippen LogP contribution in [0.2, 0.25) is 0 Å². The number of rotatable bonds is 5. The topological polar surface area (TPSA) is 47.6 Å². The van der Waals surface area contributed by atoms with Gasteiger partial charge in [0, 0.05) is 17.9 Å². The molecule has 1 unspecified atom stereocenters. The number of carbonyl (C=O) groups is 1. The Morgan fingerprint density at radius 1 is 1.18 bits per heavy atom. The maximum atomic E-state index is 12.2. The summed E-state index contributed by atoms with van der Waals surface area (Å²) in [6.07, 6.45) is 2.30. The SMILES string of the molecule is O=C(Nc1ccccc1)c1cccc(OCC2CCCO2)c1. The van der Waals surface area contributed by atoms with E-state index in [1.54, 1.807) is 12.1 Å². The minimum absolute atomic E-state index is 0.145. The number of carbonyl (C=O) groups excluding carboxylic acids is 1. The quantitative estimate of drug-likeness (QED) is 0.919. The van der Waals surface area contributed by atoms with E-state index in [-0.39, 0.29) is 12.0 Å². The zero-order valence-corrected chi connectivity index (χ0v) is 12.3. The lowest BCUT2D eigenvalue weighted by molar-refractivity contribution is 0.0679. The molecule has 0 bridgehead atoms. The fourth-order valence-electron chi connectivity index (χ4n) is 2.42. The van der Waals surface area contributed by atoms with E-state index in [2.05, 4.69) is 5.32 Å². The van der Waals surface area contributed by atoms with Crippen LogP contribution in [0.5, 0.6) is 5.75 Å². The molecule has 114 valence electrons. The lowest BCUT2D eigenvalue weighted by atomic mass is 10.2. The summed E-state index contributed by atoms with van der Waals surface area (Å²) < 4.78 is 11.3. The van der Waals surface area contributed by atoms with Crippen LogP contribution >= 0.6 is 0 Å². The van der Waals surface area contributed by atoms with Crippen molar-refractivity contribution in [3.05, 3.63) is 60.2 Å². The van der Waals surface area contributed by atoms with Crippen molar-refractivity contribution < 1.29 is 14.3 Å². The molecule has 1 aliphatic rings. The average molecular weight is 297 g/mol. The second-order valence-electron chi connectivity index (χ2n) is 5.29. The molecule has 1 fully saturated rings. The molecule has 1 heterocycles. The van der Waals surface area contributed by atoms with Gasteiger partial charge in [-0.1, -0.05) is 24.3 Å². The number of nitrogens with one attached hydrogen (secondary N) is 1. The van der Waals surface area contributed by atoms with Crippen molar-refractivity contribution in [3.8, 4) is 5.75 Å². The highest BCUT2D eigenvalue weighted by atomic mass is 16.5. The van der Waals surface area contributed by atoms with Crippen LogP contribution in [-0.2, 0) is 4.74 Å². The molecule has 0 aliphatic carbocycles. The highest BCUT2D eigenvalue weighted by molar-refractivity contribution is 6.04. The highest BCUT2D eigenvalue weighted by Crippen LogP contribution is 2.18. The summed E-state index contributed by atoms with van der Waals surface area (Å²) in [5.74, 6) is 0.546. The molecule has 2 aromatic rings. The van der Waals surface area contributed by atoms with Gasteiger partial charge in [-0.3, -0.25) is 4.79 Å². The molecular formula is C18H19NO3. The van der Waals surface area contributed by atoms with Crippen LogP contribution < -0.4 is 10.1 Å². The van der Waals surface area contributed by atoms with Gasteiger partial charge in [0.25, 0.3) is 5.91 Å². The van der Waals surface area contributed by atoms with Gasteiger partial charge in [-0.2, -0.15) is 0 Å². The zero-order valence-electron chi connectivity index (χ0n) is 12.3. The summed E-state index contributed by atoms with van der Waals surface area (Å²) in [5, 5.41) is 2.86. The molecule has 3 rings (SSSR count). The van der Waals surface area contributed by atoms with Crippen LogP contribution in [0.25, 0.3) is 0 Å². The van der Waals surface area contributed by atoms with Gasteiger partial charge in [-0.05, 0) is 43.2 Å². The third-order valence-electron chi connectivity index (χ3n) is 3.59. The van der Waals surface area contributed by atoms with E-state index in [0.29, 0.717) is 17.9 Å². The van der Waals surface area contributed by atoms with Crippen molar-refractivity contribution in [2.45, 2.75) is 18.9 Å². The Morgan fingerprint density at radius 2 is 2.05 bits per heavy atom. The molecule has 1 atom stereocenters. The van der Waals surface area contributed by atoms with Gasteiger partial charge >= 0.3 is 0 Å². The normalized spacial score (nSPS) is 17.2. The van der Waals surface area contributed by atoms with Crippen LogP contribution in [-0.4, -0.2) is 25.2 Å². The lowest BCUT2D eigenvalue weighted by Gasteiger charge is -2.12. The number of ether oxygens (including phenoxy) is 2. The average Bonchev–Trinajstić information content (AvgIpc) is 3.08. The third kappa shape index (κ3) is 3.86. The molecule has 1 aliphatic heterocycles. The monoisotopic (exact) mass is 297 g/mol. The Hall–Kier alpha value is -2.33. The molecule has 0 spiro atoms. The van der Waals surface area contributed by atoms with Crippen molar-refractivity contribution in [1.82, 2.24) is 0 Å². The maximum absolute atomic E-state index is 12.2. The Morgan fingerprint density at radius 3 is 2.82 bits per heavy atom. The summed E-state index contributed by atoms with van der Waals surface area (Å²) in [6, 6.07) is 16.6. The van der Waals surface area contributed by atoms with Gasteiger partial charge < -0.3 is 14.8 Å². The fourth-order valence-corrected chi connectivity index (χ4v) is 2.42. The Kier molecular flexibility index (Phi) is 4.71. The first kappa shape index (κ1) is 14.6. The Bertz CT molecular complexity index is 621. The van der Waals surface area contributed by atoms with Gasteiger partial charge in [0.1, 0.15) is 12.4 Å². The van der Waals surface area contributed by atoms with Gasteiger partial charge in [0.15, 0.2) is 0 Å². The third-order valence-corrected chi connectivity index (χ3v) is 3.59. The van der Waals surface area contributed by atoms with Crippen molar-refractivity contribution in [3.63, 3.8) is 0 Å². The van der Waals surface area contributed by atoms with E-state index in [1.165, 1.54) is 0 Å². The largest absolute Gasteiger partial charge is 0.491 e. The second kappa shape index (κ2) is 7.09. The zero-order chi connectivity index (χ0) is 15.2. The highest BCUT2D eigenvalue weighted by Gasteiger charge is 2.16. The van der Waals surface area contributed by atoms with E-state index in [4.69, 9.17) is 9.47 Å². The first-order valence-electron chi connectivity index (χ1n) is 7.52. The summed E-state index contributed by atoms with van der Waals surface area (Å²) >= 11 is 0. The molecular weight excluding hydrogens is 278 g/mol. The van der Waals surface area contributed by atoms with Crippen molar-refractivity contribution >= 4 is 11.6 Å². The standard InChI is InChI=1S/C18H19NO3/c20-18(19-15-7-2-1-3-8-15)14-6-4-9-16(12-14)22-13-17-10-5-11-21-17/h1-4,6-9,12,17H,5,10-11,13H2,(H,19,20). The minimum Gasteiger partial charge on any atom is -0.491 e. The summed E-state index contributed by atoms with van der Waals surface area (Å²) in [4.78, 5) is 12.2. The molecule has 4 heteroatoms. The summed E-state index contributed by atoms with van der Waals surface area (Å²) in [7, 11) is 0. The predicted molar refractivity (Wildman–Crippen MR) is 85.3 cm³/mol. The number of para-hydroxylation sites is 1. The fraction of sp³-hybridized carbons (Fsp3) is 0.278. The summed E-state index contributed by atoms with van der Waals surface area (Å²) in [6.45, 7) is 1.34. The van der Waals surface area contributed by atoms with Crippen LogP contribution in [0, 0.1) is 0 Å². The summed E-state index contributed by atoms with van der Waals surface area (Å²) in [5.41, 5.74) is 1.35. The van der Waals surface area contributed by atoms with Crippen molar-refractivity contribution in [1.29, 1.82) is 0 Å². The van der Waals surface area contributed by atoms with E-state index in [0.717, 1.165) is 25.1 Å². The van der Waals surface area contributed by atoms with Gasteiger partial charge in [0.05, 0.1) is 6.10 Å². The number of amides is 1. The van der Waals surface area contributed by atoms with E-state index < -0.39 is 0 Å². The number of hydrogen-bond acceptors (Lipinski definition) is 3. The van der Waals surface area contributed by atoms with Crippen LogP contribution in [0.1, 0.15) is 23.2 Å². The van der Waals surface area contributed by atoms with Crippen molar-refractivity contribution in [2.24, 2.45) is 0 Å². The molecule has 0 radical (unpaired) electrons. The van der Waals surface area contributed by atoms with Gasteiger partial charge in [-0.25, -0.2) is 0 Å². The minimum atomic E-state index is -0.145. The van der Waals surface area contributed by atoms with E-state index >= 15 is 0 Å². The van der Waals surface area contributed by atoms with Crippen molar-refractivity contribution in [2.75, 3.05) is 18.5 Å². The molecule has 0 aromatic heterocycles. The first-order chi connectivity index (χ1) is 10.8. The smallest absolute Gasteiger partial charge is 0.255 e. The molecule has 1 N–H and O–H groups in total. The van der Waals surface area contributed by atoms with Gasteiger partial charge in [-0.15, -0.1) is 0 Å². The lowest BCUT2D eigenvalue weighted by Crippen LogP contribution is -2.16. The maximum Gasteiger partial charge on any atom is 0.255 e. The molecule has 1 saturated heterocycles. The van der Waals surface area contributed by atoms with Crippen LogP contribution in [0.4, 0.5) is 5.69 Å². The predicted octanol–water partition coefficient (Wildman–Crippen LogP) is 3.50. The Labute approximate surface area is 130 Å². The molecule has 22 heavy (non-hydrogen) atoms.